The molecule has 0 spiro atoms. The Labute approximate surface area is 207 Å². The fourth-order valence-corrected chi connectivity index (χ4v) is 6.35. The second kappa shape index (κ2) is 22.3. The van der Waals surface area contributed by atoms with Gasteiger partial charge in [-0.1, -0.05) is 72.1 Å². The maximum Gasteiger partial charge on any atom is 0.500 e. The zero-order valence-corrected chi connectivity index (χ0v) is 24.6. The Balaban J connectivity index is 0. The second-order valence-electron chi connectivity index (χ2n) is 9.17. The van der Waals surface area contributed by atoms with Crippen molar-refractivity contribution in [3.63, 3.8) is 0 Å². The van der Waals surface area contributed by atoms with Gasteiger partial charge in [0.2, 0.25) is 0 Å². The Morgan fingerprint density at radius 3 is 1.16 bits per heavy atom. The van der Waals surface area contributed by atoms with Gasteiger partial charge in [-0.25, -0.2) is 0 Å². The Morgan fingerprint density at radius 2 is 0.806 bits per heavy atom. The van der Waals surface area contributed by atoms with Gasteiger partial charge in [0.05, 0.1) is 26.2 Å². The lowest BCUT2D eigenvalue weighted by atomic mass is 10.1. The molecule has 0 saturated carbocycles. The minimum Gasteiger partial charge on any atom is -1.00 e. The van der Waals surface area contributed by atoms with Gasteiger partial charge in [-0.3, -0.25) is 0 Å². The summed E-state index contributed by atoms with van der Waals surface area (Å²) in [6.45, 7) is 12.7. The number of nitrogens with zero attached hydrogens (tertiary/aromatic N) is 1. The molecule has 0 aromatic heterocycles. The van der Waals surface area contributed by atoms with Gasteiger partial charge in [-0.2, -0.15) is 0 Å². The molecule has 0 saturated heterocycles. The normalized spacial score (nSPS) is 12.2. The molecule has 0 unspecified atom stereocenters. The molecule has 0 heterocycles. The van der Waals surface area contributed by atoms with E-state index in [9.17, 15) is 0 Å². The maximum atomic E-state index is 5.50. The third kappa shape index (κ3) is 15.9. The molecule has 190 valence electrons. The Bertz CT molecular complexity index is 341. The molecule has 0 aliphatic carbocycles. The Hall–Kier alpha value is 0.537. The van der Waals surface area contributed by atoms with Crippen LogP contribution >= 0.6 is 0 Å². The van der Waals surface area contributed by atoms with Crippen molar-refractivity contribution in [2.45, 2.75) is 117 Å². The first-order chi connectivity index (χ1) is 14.6. The fraction of sp³-hybridized carbons (Fsp3) is 1.00. The highest BCUT2D eigenvalue weighted by Crippen LogP contribution is 2.20. The lowest BCUT2D eigenvalue weighted by Gasteiger charge is -2.39. The summed E-state index contributed by atoms with van der Waals surface area (Å²) in [7, 11) is 2.77. The molecule has 0 aromatic rings. The van der Waals surface area contributed by atoms with Crippen molar-refractivity contribution in [3.8, 4) is 0 Å². The average molecular weight is 527 g/mol. The molecule has 0 amide bonds. The van der Waals surface area contributed by atoms with Crippen molar-refractivity contribution in [2.24, 2.45) is 0 Å². The maximum absolute atomic E-state index is 5.50. The largest absolute Gasteiger partial charge is 1.00 e. The van der Waals surface area contributed by atoms with Gasteiger partial charge in [0.25, 0.3) is 0 Å². The van der Waals surface area contributed by atoms with Crippen LogP contribution in [0.3, 0.4) is 0 Å². The monoisotopic (exact) mass is 525 g/mol. The molecule has 0 atom stereocenters. The number of hydrogen-bond acceptors (Lipinski definition) is 3. The van der Waals surface area contributed by atoms with Crippen LogP contribution in [0, 0.1) is 0 Å². The van der Waals surface area contributed by atoms with Gasteiger partial charge in [0.1, 0.15) is 0 Å². The van der Waals surface area contributed by atoms with E-state index >= 15 is 0 Å². The molecule has 0 rings (SSSR count). The van der Waals surface area contributed by atoms with Gasteiger partial charge in [0, 0.05) is 27.4 Å². The van der Waals surface area contributed by atoms with Crippen LogP contribution in [0.4, 0.5) is 0 Å². The van der Waals surface area contributed by atoms with Gasteiger partial charge >= 0.3 is 8.80 Å². The number of quaternary nitrogens is 1. The van der Waals surface area contributed by atoms with Crippen molar-refractivity contribution < 1.29 is 34.7 Å². The van der Waals surface area contributed by atoms with E-state index in [-0.39, 0.29) is 17.0 Å². The highest BCUT2D eigenvalue weighted by Gasteiger charge is 2.36. The van der Waals surface area contributed by atoms with E-state index in [0.29, 0.717) is 0 Å². The van der Waals surface area contributed by atoms with E-state index in [1.54, 1.807) is 21.3 Å². The Kier molecular flexibility index (Phi) is 24.3. The fourth-order valence-electron chi connectivity index (χ4n) is 4.56. The standard InChI is InChI=1S/C25H56NO3Si.BrH/c1-7-10-21-26(22-11-8-2,23-12-9-3)24-19-17-15-13-14-16-18-20-25-30(27-4,28-5)29-6;/h7-25H2,1-6H3;1H/q+1;/p-1. The minimum atomic E-state index is -2.35. The van der Waals surface area contributed by atoms with E-state index in [4.69, 9.17) is 13.3 Å². The van der Waals surface area contributed by atoms with Crippen molar-refractivity contribution in [1.29, 1.82) is 0 Å². The molecule has 0 aliphatic rings. The molecule has 0 bridgehead atoms. The quantitative estimate of drug-likeness (QED) is 0.113. The van der Waals surface area contributed by atoms with Gasteiger partial charge < -0.3 is 34.7 Å². The molecule has 0 fully saturated rings. The zero-order chi connectivity index (χ0) is 22.6. The lowest BCUT2D eigenvalue weighted by molar-refractivity contribution is -0.929. The van der Waals surface area contributed by atoms with Crippen LogP contribution in [0.5, 0.6) is 0 Å². The van der Waals surface area contributed by atoms with Crippen molar-refractivity contribution in [2.75, 3.05) is 47.5 Å². The lowest BCUT2D eigenvalue weighted by Crippen LogP contribution is -3.00. The van der Waals surface area contributed by atoms with Crippen molar-refractivity contribution >= 4 is 8.80 Å². The van der Waals surface area contributed by atoms with E-state index in [0.717, 1.165) is 12.5 Å². The third-order valence-corrected chi connectivity index (χ3v) is 9.59. The molecule has 0 radical (unpaired) electrons. The van der Waals surface area contributed by atoms with Gasteiger partial charge in [-0.15, -0.1) is 0 Å². The molecule has 0 N–H and O–H groups in total. The summed E-state index contributed by atoms with van der Waals surface area (Å²) in [6, 6.07) is 0.934. The number of halogens is 1. The first-order valence-corrected chi connectivity index (χ1v) is 15.0. The predicted molar refractivity (Wildman–Crippen MR) is 133 cm³/mol. The van der Waals surface area contributed by atoms with E-state index in [2.05, 4.69) is 20.8 Å². The zero-order valence-electron chi connectivity index (χ0n) is 22.0. The first-order valence-electron chi connectivity index (χ1n) is 13.1. The van der Waals surface area contributed by atoms with Crippen LogP contribution < -0.4 is 17.0 Å². The van der Waals surface area contributed by atoms with E-state index < -0.39 is 8.80 Å². The molecule has 0 aromatic carbocycles. The summed E-state index contributed by atoms with van der Waals surface area (Å²) >= 11 is 0. The van der Waals surface area contributed by atoms with Crippen LogP contribution in [-0.4, -0.2) is 60.8 Å². The molecular weight excluding hydrogens is 470 g/mol. The number of unbranched alkanes of at least 4 members (excludes halogenated alkanes) is 10. The minimum absolute atomic E-state index is 0. The highest BCUT2D eigenvalue weighted by molar-refractivity contribution is 6.60. The second-order valence-corrected chi connectivity index (χ2v) is 12.3. The molecule has 0 aliphatic heterocycles. The van der Waals surface area contributed by atoms with Crippen molar-refractivity contribution in [1.82, 2.24) is 0 Å². The topological polar surface area (TPSA) is 27.7 Å². The number of hydrogen-bond donors (Lipinski definition) is 0. The predicted octanol–water partition coefficient (Wildman–Crippen LogP) is 4.21. The highest BCUT2D eigenvalue weighted by atomic mass is 79.9. The van der Waals surface area contributed by atoms with Gasteiger partial charge in [-0.05, 0) is 38.5 Å². The first kappa shape index (κ1) is 33.7. The Morgan fingerprint density at radius 1 is 0.484 bits per heavy atom. The summed E-state index contributed by atoms with van der Waals surface area (Å²) in [4.78, 5) is 0. The van der Waals surface area contributed by atoms with Crippen LogP contribution in [0.2, 0.25) is 6.04 Å². The third-order valence-electron chi connectivity index (χ3n) is 6.76. The van der Waals surface area contributed by atoms with E-state index in [1.165, 1.54) is 114 Å². The van der Waals surface area contributed by atoms with E-state index in [1.807, 2.05) is 0 Å². The van der Waals surface area contributed by atoms with Crippen LogP contribution in [0.15, 0.2) is 0 Å². The molecule has 6 heteroatoms. The summed E-state index contributed by atoms with van der Waals surface area (Å²) in [5.74, 6) is 0. The molecular formula is C25H56BrNO3Si. The van der Waals surface area contributed by atoms with Crippen LogP contribution in [0.25, 0.3) is 0 Å². The molecule has 4 nitrogen and oxygen atoms in total. The van der Waals surface area contributed by atoms with Crippen LogP contribution in [0.1, 0.15) is 111 Å². The summed E-state index contributed by atoms with van der Waals surface area (Å²) in [5.41, 5.74) is 0. The smallest absolute Gasteiger partial charge is 0.500 e. The molecule has 31 heavy (non-hydrogen) atoms. The summed E-state index contributed by atoms with van der Waals surface area (Å²) < 4.78 is 17.9. The van der Waals surface area contributed by atoms with Crippen molar-refractivity contribution in [3.05, 3.63) is 0 Å². The number of rotatable bonds is 23. The summed E-state index contributed by atoms with van der Waals surface area (Å²) in [6.07, 6.45) is 18.9. The summed E-state index contributed by atoms with van der Waals surface area (Å²) in [5, 5.41) is 0. The van der Waals surface area contributed by atoms with Gasteiger partial charge in [0.15, 0.2) is 0 Å². The average Bonchev–Trinajstić information content (AvgIpc) is 2.78. The van der Waals surface area contributed by atoms with Crippen LogP contribution in [-0.2, 0) is 13.3 Å². The SMILES string of the molecule is CCCC[N+](CCCC)(CCCC)CCCCCCCCCC[Si](OC)(OC)OC.[Br-].